The highest BCUT2D eigenvalue weighted by molar-refractivity contribution is 9.10. The Kier molecular flexibility index (Phi) is 5.29. The second-order valence-corrected chi connectivity index (χ2v) is 7.55. The van der Waals surface area contributed by atoms with Gasteiger partial charge in [0.15, 0.2) is 5.71 Å². The second kappa shape index (κ2) is 7.91. The van der Waals surface area contributed by atoms with Crippen molar-refractivity contribution in [2.24, 2.45) is 11.0 Å². The zero-order valence-electron chi connectivity index (χ0n) is 16.2. The highest BCUT2D eigenvalue weighted by atomic mass is 79.9. The van der Waals surface area contributed by atoms with Gasteiger partial charge in [-0.3, -0.25) is 9.59 Å². The number of hydrazone groups is 1. The minimum absolute atomic E-state index is 0.0919. The molecule has 0 aliphatic carbocycles. The summed E-state index contributed by atoms with van der Waals surface area (Å²) in [5.41, 5.74) is 0.810. The summed E-state index contributed by atoms with van der Waals surface area (Å²) in [6.07, 6.45) is 0. The summed E-state index contributed by atoms with van der Waals surface area (Å²) in [6, 6.07) is 12.8. The lowest BCUT2D eigenvalue weighted by Gasteiger charge is -2.23. The number of hydrogen-bond donors (Lipinski definition) is 0. The maximum absolute atomic E-state index is 13.4. The lowest BCUT2D eigenvalue weighted by Crippen LogP contribution is -2.39. The van der Waals surface area contributed by atoms with E-state index in [1.54, 1.807) is 55.5 Å². The fraction of sp³-hybridized carbons (Fsp3) is 0.238. The van der Waals surface area contributed by atoms with E-state index in [2.05, 4.69) is 21.0 Å². The lowest BCUT2D eigenvalue weighted by atomic mass is 9.97. The molecular weight excluding hydrogens is 454 g/mol. The van der Waals surface area contributed by atoms with Crippen molar-refractivity contribution in [2.45, 2.75) is 13.0 Å². The quantitative estimate of drug-likeness (QED) is 0.492. The molecule has 9 heteroatoms. The summed E-state index contributed by atoms with van der Waals surface area (Å²) < 4.78 is 11.3. The average Bonchev–Trinajstić information content (AvgIpc) is 3.26. The molecule has 2 atom stereocenters. The number of para-hydroxylation sites is 2. The van der Waals surface area contributed by atoms with Gasteiger partial charge in [-0.15, -0.1) is 0 Å². The lowest BCUT2D eigenvalue weighted by molar-refractivity contribution is -0.136. The molecule has 1 saturated heterocycles. The number of fused-ring (bicyclic) bond motifs is 1. The van der Waals surface area contributed by atoms with E-state index in [0.29, 0.717) is 17.1 Å². The Labute approximate surface area is 181 Å². The zero-order valence-corrected chi connectivity index (χ0v) is 17.8. The number of methoxy groups -OCH3 is 1. The molecule has 0 spiro atoms. The summed E-state index contributed by atoms with van der Waals surface area (Å²) in [7, 11) is 1.50. The first-order valence-electron chi connectivity index (χ1n) is 9.29. The van der Waals surface area contributed by atoms with Gasteiger partial charge in [0.05, 0.1) is 19.4 Å². The molecule has 2 aliphatic heterocycles. The monoisotopic (exact) mass is 471 g/mol. The van der Waals surface area contributed by atoms with Crippen molar-refractivity contribution in [3.63, 3.8) is 0 Å². The van der Waals surface area contributed by atoms with Gasteiger partial charge in [0.1, 0.15) is 23.4 Å². The Balaban J connectivity index is 1.81. The SMILES string of the molecule is CCOC(=O)C1=NN(c2ccccc2OC)[C@H]2C(=O)N(c3ccc(Br)cc3)C(=O)[C@H]12. The molecule has 30 heavy (non-hydrogen) atoms. The zero-order chi connectivity index (χ0) is 21.4. The smallest absolute Gasteiger partial charge is 0.355 e. The maximum Gasteiger partial charge on any atom is 0.355 e. The molecule has 154 valence electrons. The van der Waals surface area contributed by atoms with Crippen LogP contribution in [0.25, 0.3) is 0 Å². The van der Waals surface area contributed by atoms with Crippen molar-refractivity contribution < 1.29 is 23.9 Å². The number of anilines is 2. The topological polar surface area (TPSA) is 88.5 Å². The van der Waals surface area contributed by atoms with Crippen molar-refractivity contribution in [1.82, 2.24) is 0 Å². The Morgan fingerprint density at radius 1 is 1.10 bits per heavy atom. The summed E-state index contributed by atoms with van der Waals surface area (Å²) in [5, 5.41) is 5.72. The molecule has 2 heterocycles. The number of rotatable bonds is 5. The van der Waals surface area contributed by atoms with Gasteiger partial charge < -0.3 is 9.47 Å². The highest BCUT2D eigenvalue weighted by Crippen LogP contribution is 2.41. The van der Waals surface area contributed by atoms with Crippen molar-refractivity contribution >= 4 is 50.8 Å². The van der Waals surface area contributed by atoms with Crippen LogP contribution in [-0.2, 0) is 19.1 Å². The van der Waals surface area contributed by atoms with Crippen LogP contribution in [0.4, 0.5) is 11.4 Å². The first-order valence-corrected chi connectivity index (χ1v) is 10.1. The molecule has 0 radical (unpaired) electrons. The molecule has 0 bridgehead atoms. The third kappa shape index (κ3) is 3.15. The second-order valence-electron chi connectivity index (χ2n) is 6.63. The van der Waals surface area contributed by atoms with Gasteiger partial charge in [0.25, 0.3) is 5.91 Å². The van der Waals surface area contributed by atoms with E-state index in [9.17, 15) is 14.4 Å². The minimum Gasteiger partial charge on any atom is -0.495 e. The Bertz CT molecular complexity index is 1050. The number of halogens is 1. The van der Waals surface area contributed by atoms with Crippen LogP contribution in [0.2, 0.25) is 0 Å². The molecule has 0 saturated carbocycles. The Morgan fingerprint density at radius 3 is 2.47 bits per heavy atom. The van der Waals surface area contributed by atoms with Crippen molar-refractivity contribution in [2.75, 3.05) is 23.6 Å². The van der Waals surface area contributed by atoms with Crippen LogP contribution in [0, 0.1) is 5.92 Å². The molecular formula is C21H18BrN3O5. The van der Waals surface area contributed by atoms with Gasteiger partial charge >= 0.3 is 5.97 Å². The van der Waals surface area contributed by atoms with E-state index in [0.717, 1.165) is 9.37 Å². The van der Waals surface area contributed by atoms with Crippen molar-refractivity contribution in [3.8, 4) is 5.75 Å². The predicted molar refractivity (Wildman–Crippen MR) is 113 cm³/mol. The largest absolute Gasteiger partial charge is 0.495 e. The van der Waals surface area contributed by atoms with Crippen molar-refractivity contribution in [3.05, 3.63) is 53.0 Å². The van der Waals surface area contributed by atoms with Gasteiger partial charge in [-0.2, -0.15) is 5.10 Å². The number of carbonyl (C=O) groups excluding carboxylic acids is 3. The van der Waals surface area contributed by atoms with E-state index in [1.807, 2.05) is 0 Å². The Hall–Kier alpha value is -3.20. The van der Waals surface area contributed by atoms with Crippen LogP contribution >= 0.6 is 15.9 Å². The summed E-state index contributed by atoms with van der Waals surface area (Å²) in [5.74, 6) is -2.31. The number of amides is 2. The molecule has 1 fully saturated rings. The molecule has 2 aliphatic rings. The maximum atomic E-state index is 13.4. The van der Waals surface area contributed by atoms with E-state index >= 15 is 0 Å². The fourth-order valence-electron chi connectivity index (χ4n) is 3.65. The van der Waals surface area contributed by atoms with E-state index in [4.69, 9.17) is 9.47 Å². The number of hydrogen-bond acceptors (Lipinski definition) is 7. The number of nitrogens with zero attached hydrogens (tertiary/aromatic N) is 3. The summed E-state index contributed by atoms with van der Waals surface area (Å²) in [6.45, 7) is 1.79. The number of esters is 1. The molecule has 0 aromatic heterocycles. The number of benzene rings is 2. The van der Waals surface area contributed by atoms with Crippen LogP contribution in [0.3, 0.4) is 0 Å². The molecule has 0 N–H and O–H groups in total. The van der Waals surface area contributed by atoms with Crippen LogP contribution in [-0.4, -0.2) is 43.3 Å². The van der Waals surface area contributed by atoms with Gasteiger partial charge in [0.2, 0.25) is 5.91 Å². The molecule has 4 rings (SSSR count). The first-order chi connectivity index (χ1) is 14.5. The average molecular weight is 472 g/mol. The molecule has 2 aromatic rings. The van der Waals surface area contributed by atoms with Gasteiger partial charge in [0, 0.05) is 4.47 Å². The molecule has 0 unspecified atom stereocenters. The van der Waals surface area contributed by atoms with Crippen LogP contribution < -0.4 is 14.6 Å². The summed E-state index contributed by atoms with van der Waals surface area (Å²) in [4.78, 5) is 40.3. The standard InChI is InChI=1S/C21H18BrN3O5/c1-3-30-21(28)17-16-18(25(23-17)14-6-4-5-7-15(14)29-2)20(27)24(19(16)26)13-10-8-12(22)9-11-13/h4-11,16,18H,3H2,1-2H3/t16-,18-/m1/s1. The number of imide groups is 1. The highest BCUT2D eigenvalue weighted by Gasteiger charge is 2.59. The van der Waals surface area contributed by atoms with Gasteiger partial charge in [-0.05, 0) is 43.3 Å². The summed E-state index contributed by atoms with van der Waals surface area (Å²) >= 11 is 3.34. The minimum atomic E-state index is -1.06. The predicted octanol–water partition coefficient (Wildman–Crippen LogP) is 2.76. The van der Waals surface area contributed by atoms with Gasteiger partial charge in [-0.1, -0.05) is 28.1 Å². The van der Waals surface area contributed by atoms with E-state index in [1.165, 1.54) is 12.1 Å². The normalized spacial score (nSPS) is 20.3. The number of carbonyl (C=O) groups is 3. The van der Waals surface area contributed by atoms with Crippen LogP contribution in [0.15, 0.2) is 58.1 Å². The third-order valence-corrected chi connectivity index (χ3v) is 5.48. The van der Waals surface area contributed by atoms with Crippen LogP contribution in [0.1, 0.15) is 6.92 Å². The Morgan fingerprint density at radius 2 is 1.80 bits per heavy atom. The molecule has 2 aromatic carbocycles. The molecule has 2 amide bonds. The van der Waals surface area contributed by atoms with E-state index in [-0.39, 0.29) is 12.3 Å². The van der Waals surface area contributed by atoms with Gasteiger partial charge in [-0.25, -0.2) is 14.7 Å². The van der Waals surface area contributed by atoms with E-state index < -0.39 is 29.7 Å². The van der Waals surface area contributed by atoms with Crippen molar-refractivity contribution in [1.29, 1.82) is 0 Å². The first kappa shape index (κ1) is 20.1. The molecule has 8 nitrogen and oxygen atoms in total. The number of ether oxygens (including phenoxy) is 2. The van der Waals surface area contributed by atoms with Crippen LogP contribution in [0.5, 0.6) is 5.75 Å². The third-order valence-electron chi connectivity index (χ3n) is 4.95. The fourth-order valence-corrected chi connectivity index (χ4v) is 3.91.